The molecule has 0 aliphatic carbocycles. The summed E-state index contributed by atoms with van der Waals surface area (Å²) in [5.74, 6) is 0.826. The van der Waals surface area contributed by atoms with Crippen molar-refractivity contribution in [2.24, 2.45) is 7.05 Å². The fraction of sp³-hybridized carbons (Fsp3) is 0.273. The van der Waals surface area contributed by atoms with Gasteiger partial charge in [-0.05, 0) is 37.1 Å². The molecule has 3 rings (SSSR count). The third-order valence-corrected chi connectivity index (χ3v) is 4.73. The first-order chi connectivity index (χ1) is 13.0. The summed E-state index contributed by atoms with van der Waals surface area (Å²) in [6.45, 7) is 4.87. The highest BCUT2D eigenvalue weighted by Gasteiger charge is 2.13. The summed E-state index contributed by atoms with van der Waals surface area (Å²) in [4.78, 5) is 12.4. The lowest BCUT2D eigenvalue weighted by molar-refractivity contribution is -0.120. The van der Waals surface area contributed by atoms with Crippen molar-refractivity contribution in [3.63, 3.8) is 0 Å². The van der Waals surface area contributed by atoms with Crippen LogP contribution in [-0.2, 0) is 31.4 Å². The number of amides is 1. The average Bonchev–Trinajstić information content (AvgIpc) is 2.92. The second-order valence-corrected chi connectivity index (χ2v) is 6.60. The van der Waals surface area contributed by atoms with Gasteiger partial charge in [0.2, 0.25) is 5.91 Å². The fourth-order valence-corrected chi connectivity index (χ4v) is 3.04. The number of carbonyl (C=O) groups is 1. The molecule has 0 spiro atoms. The van der Waals surface area contributed by atoms with Gasteiger partial charge in [0, 0.05) is 24.8 Å². The van der Waals surface area contributed by atoms with Gasteiger partial charge in [-0.25, -0.2) is 0 Å². The summed E-state index contributed by atoms with van der Waals surface area (Å²) >= 11 is 0. The molecule has 1 N–H and O–H groups in total. The maximum absolute atomic E-state index is 12.4. The molecule has 0 saturated heterocycles. The second-order valence-electron chi connectivity index (χ2n) is 6.60. The van der Waals surface area contributed by atoms with Crippen LogP contribution in [0.25, 0.3) is 0 Å². The summed E-state index contributed by atoms with van der Waals surface area (Å²) in [6, 6.07) is 17.7. The molecule has 140 valence electrons. The second kappa shape index (κ2) is 8.54. The van der Waals surface area contributed by atoms with E-state index in [4.69, 9.17) is 4.74 Å². The normalized spacial score (nSPS) is 10.6. The minimum atomic E-state index is -0.00650. The topological polar surface area (TPSA) is 56.2 Å². The molecule has 0 aliphatic heterocycles. The number of benzene rings is 2. The SMILES string of the molecule is Cc1nn(C)c(C)c1CC(=O)NCc1ccccc1COc1ccccc1. The summed E-state index contributed by atoms with van der Waals surface area (Å²) in [5.41, 5.74) is 5.05. The lowest BCUT2D eigenvalue weighted by atomic mass is 10.1. The molecule has 1 aromatic heterocycles. The number of aryl methyl sites for hydroxylation is 2. The molecule has 3 aromatic rings. The van der Waals surface area contributed by atoms with Gasteiger partial charge in [-0.15, -0.1) is 0 Å². The van der Waals surface area contributed by atoms with Crippen molar-refractivity contribution < 1.29 is 9.53 Å². The molecule has 0 saturated carbocycles. The zero-order chi connectivity index (χ0) is 19.2. The van der Waals surface area contributed by atoms with Gasteiger partial charge in [0.15, 0.2) is 0 Å². The molecule has 0 fully saturated rings. The monoisotopic (exact) mass is 363 g/mol. The number of aromatic nitrogens is 2. The van der Waals surface area contributed by atoms with Crippen LogP contribution in [0, 0.1) is 13.8 Å². The summed E-state index contributed by atoms with van der Waals surface area (Å²) in [7, 11) is 1.90. The van der Waals surface area contributed by atoms with Gasteiger partial charge in [0.25, 0.3) is 0 Å². The number of nitrogens with one attached hydrogen (secondary N) is 1. The number of rotatable bonds is 7. The Bertz CT molecular complexity index is 917. The Morgan fingerprint density at radius 3 is 2.37 bits per heavy atom. The van der Waals surface area contributed by atoms with E-state index in [1.165, 1.54) is 0 Å². The van der Waals surface area contributed by atoms with Crippen molar-refractivity contribution in [2.45, 2.75) is 33.4 Å². The Morgan fingerprint density at radius 1 is 1.04 bits per heavy atom. The third-order valence-electron chi connectivity index (χ3n) is 4.73. The fourth-order valence-electron chi connectivity index (χ4n) is 3.04. The van der Waals surface area contributed by atoms with Crippen LogP contribution in [0.3, 0.4) is 0 Å². The van der Waals surface area contributed by atoms with Crippen LogP contribution >= 0.6 is 0 Å². The Balaban J connectivity index is 1.60. The van der Waals surface area contributed by atoms with Crippen molar-refractivity contribution in [1.29, 1.82) is 0 Å². The highest BCUT2D eigenvalue weighted by atomic mass is 16.5. The van der Waals surface area contributed by atoms with Crippen molar-refractivity contribution in [2.75, 3.05) is 0 Å². The Morgan fingerprint density at radius 2 is 1.70 bits per heavy atom. The van der Waals surface area contributed by atoms with Crippen LogP contribution in [-0.4, -0.2) is 15.7 Å². The predicted octanol–water partition coefficient (Wildman–Crippen LogP) is 3.47. The summed E-state index contributed by atoms with van der Waals surface area (Å²) < 4.78 is 7.66. The van der Waals surface area contributed by atoms with Crippen molar-refractivity contribution in [3.05, 3.63) is 82.7 Å². The maximum Gasteiger partial charge on any atom is 0.224 e. The van der Waals surface area contributed by atoms with Gasteiger partial charge in [0.05, 0.1) is 12.1 Å². The minimum Gasteiger partial charge on any atom is -0.489 e. The van der Waals surface area contributed by atoms with Crippen molar-refractivity contribution >= 4 is 5.91 Å². The molecule has 0 aliphatic rings. The molecule has 2 aromatic carbocycles. The largest absolute Gasteiger partial charge is 0.489 e. The molecule has 1 heterocycles. The van der Waals surface area contributed by atoms with E-state index in [0.29, 0.717) is 19.6 Å². The summed E-state index contributed by atoms with van der Waals surface area (Å²) in [6.07, 6.45) is 0.341. The number of ether oxygens (including phenoxy) is 1. The van der Waals surface area contributed by atoms with E-state index in [1.54, 1.807) is 0 Å². The zero-order valence-electron chi connectivity index (χ0n) is 16.0. The Hall–Kier alpha value is -3.08. The minimum absolute atomic E-state index is 0.00650. The van der Waals surface area contributed by atoms with Crippen LogP contribution in [0.1, 0.15) is 28.1 Å². The highest BCUT2D eigenvalue weighted by Crippen LogP contribution is 2.15. The Labute approximate surface area is 160 Å². The van der Waals surface area contributed by atoms with Gasteiger partial charge in [-0.2, -0.15) is 5.10 Å². The van der Waals surface area contributed by atoms with E-state index in [-0.39, 0.29) is 5.91 Å². The smallest absolute Gasteiger partial charge is 0.224 e. The van der Waals surface area contributed by atoms with E-state index in [9.17, 15) is 4.79 Å². The van der Waals surface area contributed by atoms with Gasteiger partial charge in [-0.3, -0.25) is 9.48 Å². The first-order valence-corrected chi connectivity index (χ1v) is 9.05. The van der Waals surface area contributed by atoms with Crippen LogP contribution in [0.2, 0.25) is 0 Å². The van der Waals surface area contributed by atoms with Crippen LogP contribution in [0.5, 0.6) is 5.75 Å². The first kappa shape index (κ1) is 18.7. The lowest BCUT2D eigenvalue weighted by Crippen LogP contribution is -2.25. The highest BCUT2D eigenvalue weighted by molar-refractivity contribution is 5.79. The van der Waals surface area contributed by atoms with E-state index in [1.807, 2.05) is 80.2 Å². The number of hydrogen-bond donors (Lipinski definition) is 1. The molecule has 0 unspecified atom stereocenters. The van der Waals surface area contributed by atoms with E-state index >= 15 is 0 Å². The third kappa shape index (κ3) is 4.76. The van der Waals surface area contributed by atoms with Gasteiger partial charge in [0.1, 0.15) is 12.4 Å². The number of nitrogens with zero attached hydrogens (tertiary/aromatic N) is 2. The summed E-state index contributed by atoms with van der Waals surface area (Å²) in [5, 5.41) is 7.39. The standard InChI is InChI=1S/C22H25N3O2/c1-16-21(17(2)25(3)24-16)13-22(26)23-14-18-9-7-8-10-19(18)15-27-20-11-5-4-6-12-20/h4-12H,13-15H2,1-3H3,(H,23,26). The van der Waals surface area contributed by atoms with Crippen LogP contribution < -0.4 is 10.1 Å². The van der Waals surface area contributed by atoms with Gasteiger partial charge < -0.3 is 10.1 Å². The van der Waals surface area contributed by atoms with E-state index in [0.717, 1.165) is 33.8 Å². The molecule has 0 bridgehead atoms. The van der Waals surface area contributed by atoms with Crippen LogP contribution in [0.4, 0.5) is 0 Å². The van der Waals surface area contributed by atoms with Crippen molar-refractivity contribution in [1.82, 2.24) is 15.1 Å². The van der Waals surface area contributed by atoms with Gasteiger partial charge in [-0.1, -0.05) is 42.5 Å². The Kier molecular flexibility index (Phi) is 5.91. The molecular weight excluding hydrogens is 338 g/mol. The lowest BCUT2D eigenvalue weighted by Gasteiger charge is -2.12. The molecule has 5 heteroatoms. The molecule has 1 amide bonds. The van der Waals surface area contributed by atoms with E-state index < -0.39 is 0 Å². The van der Waals surface area contributed by atoms with E-state index in [2.05, 4.69) is 10.4 Å². The molecule has 5 nitrogen and oxygen atoms in total. The maximum atomic E-state index is 12.4. The van der Waals surface area contributed by atoms with Crippen LogP contribution in [0.15, 0.2) is 54.6 Å². The average molecular weight is 363 g/mol. The van der Waals surface area contributed by atoms with Gasteiger partial charge >= 0.3 is 0 Å². The zero-order valence-corrected chi connectivity index (χ0v) is 16.0. The molecule has 0 atom stereocenters. The quantitative estimate of drug-likeness (QED) is 0.699. The number of carbonyl (C=O) groups excluding carboxylic acids is 1. The number of hydrogen-bond acceptors (Lipinski definition) is 3. The molecule has 27 heavy (non-hydrogen) atoms. The molecule has 0 radical (unpaired) electrons. The van der Waals surface area contributed by atoms with Crippen molar-refractivity contribution in [3.8, 4) is 5.75 Å². The number of para-hydroxylation sites is 1. The molecular formula is C22H25N3O2. The first-order valence-electron chi connectivity index (χ1n) is 9.05. The predicted molar refractivity (Wildman–Crippen MR) is 105 cm³/mol.